The Balaban J connectivity index is 3.40. The molecule has 0 heterocycles. The number of allylic oxidation sites excluding steroid dienone is 1. The van der Waals surface area contributed by atoms with Gasteiger partial charge < -0.3 is 20.3 Å². The second-order valence-electron chi connectivity index (χ2n) is 23.5. The van der Waals surface area contributed by atoms with E-state index in [0.29, 0.717) is 19.4 Å². The molecule has 440 valence electrons. The normalized spacial score (nSPS) is 12.5. The number of hydrogen-bond donors (Lipinski definition) is 3. The average molecular weight is 1040 g/mol. The number of nitrogens with one attached hydrogen (secondary N) is 1. The quantitative estimate of drug-likeness (QED) is 0.0320. The summed E-state index contributed by atoms with van der Waals surface area (Å²) in [6.45, 7) is 4.94. The lowest BCUT2D eigenvalue weighted by atomic mass is 10.0. The molecule has 0 rings (SSSR count). The van der Waals surface area contributed by atoms with Crippen LogP contribution in [-0.2, 0) is 14.3 Å². The predicted octanol–water partition coefficient (Wildman–Crippen LogP) is 21.6. The monoisotopic (exact) mass is 1040 g/mol. The third-order valence-corrected chi connectivity index (χ3v) is 16.1. The van der Waals surface area contributed by atoms with Gasteiger partial charge in [-0.3, -0.25) is 9.59 Å². The molecule has 2 unspecified atom stereocenters. The van der Waals surface area contributed by atoms with Gasteiger partial charge in [0.15, 0.2) is 0 Å². The van der Waals surface area contributed by atoms with Crippen LogP contribution >= 0.6 is 0 Å². The SMILES string of the molecule is CCCCCCCCCCCCCCCCCCCCC/C=C/C(O)C(CO)NC(=O)CCCCCCCCCCCCCCCCCCCCCCCCOC(=O)CCCCCCCCCCCCCCCC. The molecule has 0 fully saturated rings. The van der Waals surface area contributed by atoms with Crippen molar-refractivity contribution >= 4 is 11.9 Å². The van der Waals surface area contributed by atoms with Gasteiger partial charge in [-0.2, -0.15) is 0 Å². The van der Waals surface area contributed by atoms with E-state index in [9.17, 15) is 19.8 Å². The molecule has 0 aromatic heterocycles. The Labute approximate surface area is 463 Å². The molecule has 0 saturated heterocycles. The molecule has 3 N–H and O–H groups in total. The van der Waals surface area contributed by atoms with E-state index in [1.54, 1.807) is 6.08 Å². The predicted molar refractivity (Wildman–Crippen MR) is 324 cm³/mol. The van der Waals surface area contributed by atoms with E-state index in [-0.39, 0.29) is 18.5 Å². The van der Waals surface area contributed by atoms with Gasteiger partial charge in [-0.1, -0.05) is 353 Å². The third kappa shape index (κ3) is 59.8. The molecule has 0 aromatic carbocycles. The van der Waals surface area contributed by atoms with Gasteiger partial charge in [0.1, 0.15) is 0 Å². The molecule has 0 bridgehead atoms. The summed E-state index contributed by atoms with van der Waals surface area (Å²) in [5.41, 5.74) is 0. The van der Waals surface area contributed by atoms with E-state index in [4.69, 9.17) is 4.74 Å². The van der Waals surface area contributed by atoms with Crippen molar-refractivity contribution in [3.05, 3.63) is 12.2 Å². The van der Waals surface area contributed by atoms with E-state index < -0.39 is 12.1 Å². The maximum absolute atomic E-state index is 12.5. The molecule has 2 atom stereocenters. The van der Waals surface area contributed by atoms with Crippen molar-refractivity contribution in [2.24, 2.45) is 0 Å². The Bertz CT molecular complexity index is 1110. The first-order valence-electron chi connectivity index (χ1n) is 34.0. The lowest BCUT2D eigenvalue weighted by Gasteiger charge is -2.20. The minimum atomic E-state index is -0.845. The number of unbranched alkanes of at least 4 members (excludes halogenated alkanes) is 53. The summed E-state index contributed by atoms with van der Waals surface area (Å²) in [5, 5.41) is 23.2. The molecular formula is C68H133NO5. The fourth-order valence-corrected chi connectivity index (χ4v) is 10.9. The summed E-state index contributed by atoms with van der Waals surface area (Å²) in [5.74, 6) is -0.0477. The van der Waals surface area contributed by atoms with Crippen molar-refractivity contribution < 1.29 is 24.5 Å². The van der Waals surface area contributed by atoms with Gasteiger partial charge >= 0.3 is 5.97 Å². The number of rotatable bonds is 64. The van der Waals surface area contributed by atoms with E-state index in [2.05, 4.69) is 19.2 Å². The van der Waals surface area contributed by atoms with Gasteiger partial charge in [-0.05, 0) is 32.1 Å². The molecule has 0 radical (unpaired) electrons. The highest BCUT2D eigenvalue weighted by atomic mass is 16.5. The second-order valence-corrected chi connectivity index (χ2v) is 23.5. The summed E-state index contributed by atoms with van der Waals surface area (Å²) in [4.78, 5) is 24.6. The molecular weight excluding hydrogens is 911 g/mol. The van der Waals surface area contributed by atoms with Gasteiger partial charge in [-0.15, -0.1) is 0 Å². The van der Waals surface area contributed by atoms with E-state index in [1.807, 2.05) is 6.08 Å². The minimum absolute atomic E-state index is 0.0160. The number of aliphatic hydroxyl groups is 2. The molecule has 0 saturated carbocycles. The maximum atomic E-state index is 12.5. The number of amides is 1. The molecule has 0 aromatic rings. The van der Waals surface area contributed by atoms with Crippen LogP contribution in [0, 0.1) is 0 Å². The molecule has 0 aliphatic rings. The van der Waals surface area contributed by atoms with Gasteiger partial charge in [0.25, 0.3) is 0 Å². The Kier molecular flexibility index (Phi) is 62.9. The zero-order chi connectivity index (χ0) is 53.6. The Morgan fingerprint density at radius 3 is 0.919 bits per heavy atom. The summed E-state index contributed by atoms with van der Waals surface area (Å²) in [6, 6.07) is -0.628. The zero-order valence-electron chi connectivity index (χ0n) is 50.4. The lowest BCUT2D eigenvalue weighted by Crippen LogP contribution is -2.45. The maximum Gasteiger partial charge on any atom is 0.305 e. The smallest absolute Gasteiger partial charge is 0.305 e. The molecule has 0 aliphatic heterocycles. The first-order valence-corrected chi connectivity index (χ1v) is 34.0. The highest BCUT2D eigenvalue weighted by molar-refractivity contribution is 5.76. The van der Waals surface area contributed by atoms with E-state index >= 15 is 0 Å². The van der Waals surface area contributed by atoms with Crippen LogP contribution in [0.2, 0.25) is 0 Å². The summed E-state index contributed by atoms with van der Waals surface area (Å²) >= 11 is 0. The molecule has 0 spiro atoms. The average Bonchev–Trinajstić information content (AvgIpc) is 3.40. The summed E-state index contributed by atoms with van der Waals surface area (Å²) < 4.78 is 5.49. The molecule has 6 nitrogen and oxygen atoms in total. The van der Waals surface area contributed by atoms with Crippen LogP contribution in [0.4, 0.5) is 0 Å². The topological polar surface area (TPSA) is 95.9 Å². The van der Waals surface area contributed by atoms with Crippen LogP contribution in [0.1, 0.15) is 386 Å². The lowest BCUT2D eigenvalue weighted by molar-refractivity contribution is -0.143. The summed E-state index contributed by atoms with van der Waals surface area (Å²) in [7, 11) is 0. The molecule has 74 heavy (non-hydrogen) atoms. The van der Waals surface area contributed by atoms with Crippen molar-refractivity contribution in [3.63, 3.8) is 0 Å². The number of carbonyl (C=O) groups excluding carboxylic acids is 2. The van der Waals surface area contributed by atoms with Gasteiger partial charge in [0.2, 0.25) is 5.91 Å². The fourth-order valence-electron chi connectivity index (χ4n) is 10.9. The van der Waals surface area contributed by atoms with Crippen LogP contribution in [0.25, 0.3) is 0 Å². The van der Waals surface area contributed by atoms with E-state index in [0.717, 1.165) is 38.5 Å². The van der Waals surface area contributed by atoms with E-state index in [1.165, 1.54) is 321 Å². The largest absolute Gasteiger partial charge is 0.466 e. The first kappa shape index (κ1) is 72.6. The van der Waals surface area contributed by atoms with Crippen molar-refractivity contribution in [1.29, 1.82) is 0 Å². The highest BCUT2D eigenvalue weighted by Gasteiger charge is 2.18. The Morgan fingerprint density at radius 2 is 0.622 bits per heavy atom. The standard InChI is InChI=1S/C68H133NO5/c1-3-5-7-9-11-13-15-17-19-20-21-24-27-30-33-36-40-44-48-52-56-60-66(71)65(64-70)69-67(72)61-57-53-49-45-41-37-34-31-28-25-22-23-26-29-32-35-39-43-47-51-55-59-63-74-68(73)62-58-54-50-46-42-38-18-16-14-12-10-8-6-4-2/h56,60,65-66,70-71H,3-55,57-59,61-64H2,1-2H3,(H,69,72)/b60-56+. The van der Waals surface area contributed by atoms with Crippen molar-refractivity contribution in [1.82, 2.24) is 5.32 Å². The number of aliphatic hydroxyl groups excluding tert-OH is 2. The summed E-state index contributed by atoms with van der Waals surface area (Å²) in [6.07, 6.45) is 78.4. The van der Waals surface area contributed by atoms with Crippen LogP contribution in [0.15, 0.2) is 12.2 Å². The third-order valence-electron chi connectivity index (χ3n) is 16.1. The van der Waals surface area contributed by atoms with Crippen molar-refractivity contribution in [2.75, 3.05) is 13.2 Å². The number of esters is 1. The van der Waals surface area contributed by atoms with Crippen LogP contribution < -0.4 is 5.32 Å². The molecule has 6 heteroatoms. The number of ether oxygens (including phenoxy) is 1. The number of carbonyl (C=O) groups is 2. The zero-order valence-corrected chi connectivity index (χ0v) is 50.4. The Hall–Kier alpha value is -1.40. The Morgan fingerprint density at radius 1 is 0.365 bits per heavy atom. The van der Waals surface area contributed by atoms with Crippen LogP contribution in [0.3, 0.4) is 0 Å². The fraction of sp³-hybridized carbons (Fsp3) is 0.941. The van der Waals surface area contributed by atoms with Gasteiger partial charge in [0.05, 0.1) is 25.4 Å². The first-order chi connectivity index (χ1) is 36.5. The molecule has 0 aliphatic carbocycles. The van der Waals surface area contributed by atoms with Crippen molar-refractivity contribution in [2.45, 2.75) is 398 Å². The number of hydrogen-bond acceptors (Lipinski definition) is 5. The minimum Gasteiger partial charge on any atom is -0.466 e. The highest BCUT2D eigenvalue weighted by Crippen LogP contribution is 2.19. The molecule has 1 amide bonds. The van der Waals surface area contributed by atoms with Crippen molar-refractivity contribution in [3.8, 4) is 0 Å². The van der Waals surface area contributed by atoms with Crippen LogP contribution in [-0.4, -0.2) is 47.4 Å². The van der Waals surface area contributed by atoms with Crippen LogP contribution in [0.5, 0.6) is 0 Å². The second kappa shape index (κ2) is 64.1. The van der Waals surface area contributed by atoms with Gasteiger partial charge in [0, 0.05) is 12.8 Å². The van der Waals surface area contributed by atoms with Gasteiger partial charge in [-0.25, -0.2) is 0 Å².